The van der Waals surface area contributed by atoms with Crippen LogP contribution in [0.4, 0.5) is 0 Å². The van der Waals surface area contributed by atoms with E-state index in [1.54, 1.807) is 0 Å². The van der Waals surface area contributed by atoms with Gasteiger partial charge >= 0.3 is 69.5 Å². The molecule has 14 nitrogen and oxygen atoms in total. The van der Waals surface area contributed by atoms with E-state index in [1.165, 1.54) is 0 Å². The molecule has 0 saturated heterocycles. The van der Waals surface area contributed by atoms with Crippen molar-refractivity contribution in [1.29, 1.82) is 0 Å². The van der Waals surface area contributed by atoms with Gasteiger partial charge in [0.15, 0.2) is 0 Å². The summed E-state index contributed by atoms with van der Waals surface area (Å²) in [7, 11) is -4.67. The monoisotopic (exact) mass is 502 g/mol. The average molecular weight is 502 g/mol. The van der Waals surface area contributed by atoms with Crippen molar-refractivity contribution in [2.75, 3.05) is 13.1 Å². The van der Waals surface area contributed by atoms with Gasteiger partial charge in [-0.05, 0) is 0 Å². The minimum Gasteiger partial charge on any atom is -1.00 e. The molecule has 0 atom stereocenters. The molecule has 0 unspecified atom stereocenters. The number of hydrogen-bond donors (Lipinski definition) is 8. The van der Waals surface area contributed by atoms with Gasteiger partial charge in [-0.15, -0.1) is 0 Å². The smallest absolute Gasteiger partial charge is 1.00 e. The number of aliphatic carboxylic acids is 4. The Hall–Kier alpha value is 0.189. The zero-order valence-electron chi connectivity index (χ0n) is 18.5. The Balaban J connectivity index is -0.0000000156. The van der Waals surface area contributed by atoms with Gasteiger partial charge in [0.2, 0.25) is 0 Å². The van der Waals surface area contributed by atoms with Crippen LogP contribution in [0.2, 0.25) is 0 Å². The topological polar surface area (TPSA) is 276 Å². The van der Waals surface area contributed by atoms with Crippen LogP contribution in [0.1, 0.15) is 30.5 Å². The van der Waals surface area contributed by atoms with E-state index in [-0.39, 0.29) is 79.0 Å². The second-order valence-corrected chi connectivity index (χ2v) is 4.00. The van der Waals surface area contributed by atoms with Crippen LogP contribution in [-0.4, -0.2) is 74.9 Å². The molecule has 0 fully saturated rings. The van der Waals surface area contributed by atoms with Crippen molar-refractivity contribution in [1.82, 2.24) is 0 Å². The van der Waals surface area contributed by atoms with Gasteiger partial charge in [-0.1, -0.05) is 0 Å². The maximum Gasteiger partial charge on any atom is 1.00 e. The summed E-state index contributed by atoms with van der Waals surface area (Å²) in [4.78, 5) is 36.0. The SMILES string of the molecule is CC(=O)O.CC(=O)O.CC(=O)O.CC(=O)O.NCCN.O=S(=O)(O)O.[Fe].[H-].[H-].[Na+].[Na+]. The van der Waals surface area contributed by atoms with Crippen LogP contribution < -0.4 is 70.6 Å². The first kappa shape index (κ1) is 56.6. The van der Waals surface area contributed by atoms with Crippen molar-refractivity contribution in [2.24, 2.45) is 11.5 Å². The predicted octanol–water partition coefficient (Wildman–Crippen LogP) is -7.15. The van der Waals surface area contributed by atoms with Crippen LogP contribution in [0.25, 0.3) is 0 Å². The van der Waals surface area contributed by atoms with Gasteiger partial charge in [0.1, 0.15) is 0 Å². The number of carboxylic acid groups (broad SMARTS) is 4. The molecular weight excluding hydrogens is 474 g/mol. The summed E-state index contributed by atoms with van der Waals surface area (Å²) < 4.78 is 31.6. The third-order valence-corrected chi connectivity index (χ3v) is 0.167. The third kappa shape index (κ3) is 11700. The molecule has 0 aliphatic carbocycles. The molecule has 0 aromatic rings. The minimum atomic E-state index is -4.67. The van der Waals surface area contributed by atoms with Crippen molar-refractivity contribution in [2.45, 2.75) is 27.7 Å². The first-order valence-corrected chi connectivity index (χ1v) is 7.12. The number of rotatable bonds is 1. The molecule has 166 valence electrons. The Kier molecular flexibility index (Phi) is 92.5. The Morgan fingerprint density at radius 3 is 0.714 bits per heavy atom. The van der Waals surface area contributed by atoms with Crippen LogP contribution in [-0.2, 0) is 46.6 Å². The second kappa shape index (κ2) is 45.8. The predicted molar refractivity (Wildman–Crippen MR) is 87.7 cm³/mol. The maximum absolute atomic E-state index is 9.00. The molecule has 0 heterocycles. The van der Waals surface area contributed by atoms with Gasteiger partial charge in [-0.25, -0.2) is 0 Å². The van der Waals surface area contributed by atoms with Crippen LogP contribution in [0.3, 0.4) is 0 Å². The van der Waals surface area contributed by atoms with Crippen LogP contribution in [0.5, 0.6) is 0 Å². The Morgan fingerprint density at radius 2 is 0.714 bits per heavy atom. The molecule has 28 heavy (non-hydrogen) atoms. The Bertz CT molecular complexity index is 388. The largest absolute Gasteiger partial charge is 1.00 e. The molecule has 0 spiro atoms. The number of carboxylic acids is 4. The van der Waals surface area contributed by atoms with Gasteiger partial charge in [-0.3, -0.25) is 28.3 Å². The maximum atomic E-state index is 9.00. The first-order valence-electron chi connectivity index (χ1n) is 5.73. The van der Waals surface area contributed by atoms with Gasteiger partial charge in [0.25, 0.3) is 23.9 Å². The molecule has 0 aromatic heterocycles. The summed E-state index contributed by atoms with van der Waals surface area (Å²) in [6, 6.07) is 0. The summed E-state index contributed by atoms with van der Waals surface area (Å²) in [6.07, 6.45) is 0. The molecular formula is C10H28FeN2Na2O12S. The van der Waals surface area contributed by atoms with E-state index in [9.17, 15) is 0 Å². The molecule has 0 rings (SSSR count). The molecule has 0 radical (unpaired) electrons. The van der Waals surface area contributed by atoms with Gasteiger partial charge in [0.05, 0.1) is 0 Å². The molecule has 18 heteroatoms. The summed E-state index contributed by atoms with van der Waals surface area (Å²) in [5.41, 5.74) is 9.81. The number of hydrogen-bond acceptors (Lipinski definition) is 8. The number of nitrogens with two attached hydrogens (primary N) is 2. The summed E-state index contributed by atoms with van der Waals surface area (Å²) >= 11 is 0. The summed E-state index contributed by atoms with van der Waals surface area (Å²) in [5.74, 6) is -3.33. The van der Waals surface area contributed by atoms with E-state index in [1.807, 2.05) is 0 Å². The van der Waals surface area contributed by atoms with Crippen LogP contribution in [0.15, 0.2) is 0 Å². The molecule has 10 N–H and O–H groups in total. The molecule has 0 aliphatic heterocycles. The number of carbonyl (C=O) groups is 4. The third-order valence-electron chi connectivity index (χ3n) is 0.167. The van der Waals surface area contributed by atoms with Crippen molar-refractivity contribution < 1.29 is 136 Å². The molecule has 0 amide bonds. The van der Waals surface area contributed by atoms with E-state index < -0.39 is 34.3 Å². The van der Waals surface area contributed by atoms with Crippen molar-refractivity contribution >= 4 is 34.3 Å². The molecule has 0 aliphatic rings. The van der Waals surface area contributed by atoms with Crippen LogP contribution >= 0.6 is 0 Å². The first-order chi connectivity index (χ1) is 10.8. The molecule has 0 saturated carbocycles. The van der Waals surface area contributed by atoms with E-state index in [0.717, 1.165) is 27.7 Å². The fraction of sp³-hybridized carbons (Fsp3) is 0.600. The van der Waals surface area contributed by atoms with Gasteiger partial charge in [-0.2, -0.15) is 8.42 Å². The average Bonchev–Trinajstić information content (AvgIpc) is 2.22. The van der Waals surface area contributed by atoms with Crippen molar-refractivity contribution in [3.63, 3.8) is 0 Å². The minimum absolute atomic E-state index is 0. The fourth-order valence-electron chi connectivity index (χ4n) is 0. The zero-order chi connectivity index (χ0) is 22.2. The van der Waals surface area contributed by atoms with Crippen molar-refractivity contribution in [3.05, 3.63) is 0 Å². The van der Waals surface area contributed by atoms with E-state index in [4.69, 9.17) is 68.6 Å². The Morgan fingerprint density at radius 1 is 0.679 bits per heavy atom. The normalized spacial score (nSPS) is 6.71. The van der Waals surface area contributed by atoms with E-state index >= 15 is 0 Å². The van der Waals surface area contributed by atoms with Crippen LogP contribution in [0, 0.1) is 0 Å². The quantitative estimate of drug-likeness (QED) is 0.122. The second-order valence-electron chi connectivity index (χ2n) is 3.10. The standard InChI is InChI=1S/C2H8N2.4C2H4O2.Fe.2Na.H2O4S.2H/c3-1-2-4;4*1-2(3)4;;;;1-5(2,3)4;;/h1-4H2;4*1H3,(H,3,4);;;;(H2,1,2,3,4);;/q;;;;;;2*+1;;2*-1. The fourth-order valence-corrected chi connectivity index (χ4v) is 0. The van der Waals surface area contributed by atoms with E-state index in [0.29, 0.717) is 13.1 Å². The molecule has 0 aromatic carbocycles. The molecule has 0 bridgehead atoms. The summed E-state index contributed by atoms with van der Waals surface area (Å²) in [5, 5.41) is 29.7. The van der Waals surface area contributed by atoms with E-state index in [2.05, 4.69) is 0 Å². The Labute approximate surface area is 221 Å². The zero-order valence-corrected chi connectivity index (χ0v) is 22.4. The van der Waals surface area contributed by atoms with Gasteiger partial charge < -0.3 is 34.7 Å². The van der Waals surface area contributed by atoms with Gasteiger partial charge in [0, 0.05) is 57.9 Å². The summed E-state index contributed by atoms with van der Waals surface area (Å²) in [6.45, 7) is 5.53. The van der Waals surface area contributed by atoms with Crippen molar-refractivity contribution in [3.8, 4) is 0 Å².